The maximum atomic E-state index is 12.1. The Labute approximate surface area is 119 Å². The summed E-state index contributed by atoms with van der Waals surface area (Å²) in [6, 6.07) is 6.94. The van der Waals surface area contributed by atoms with Gasteiger partial charge in [0.05, 0.1) is 10.9 Å². The number of carbonyl (C=O) groups excluding carboxylic acids is 1. The first-order valence-corrected chi connectivity index (χ1v) is 6.75. The van der Waals surface area contributed by atoms with Crippen LogP contribution in [0.15, 0.2) is 30.5 Å². The van der Waals surface area contributed by atoms with Crippen molar-refractivity contribution in [2.75, 3.05) is 7.05 Å². The zero-order chi connectivity index (χ0) is 13.1. The quantitative estimate of drug-likeness (QED) is 0.809. The molecule has 0 spiro atoms. The van der Waals surface area contributed by atoms with Crippen molar-refractivity contribution in [3.8, 4) is 0 Å². The SMILES string of the molecule is CN(Cc1ccc(Cl)s1)C(=O)c1ccnc(Cl)c1. The summed E-state index contributed by atoms with van der Waals surface area (Å²) in [5, 5.41) is 0.313. The van der Waals surface area contributed by atoms with Crippen LogP contribution in [0.3, 0.4) is 0 Å². The lowest BCUT2D eigenvalue weighted by Gasteiger charge is -2.16. The van der Waals surface area contributed by atoms with E-state index in [0.29, 0.717) is 17.3 Å². The summed E-state index contributed by atoms with van der Waals surface area (Å²) in [6.45, 7) is 0.524. The third kappa shape index (κ3) is 3.22. The van der Waals surface area contributed by atoms with Crippen LogP contribution in [0.2, 0.25) is 9.49 Å². The number of rotatable bonds is 3. The van der Waals surface area contributed by atoms with Gasteiger partial charge in [0.25, 0.3) is 5.91 Å². The third-order valence-corrected chi connectivity index (χ3v) is 3.76. The van der Waals surface area contributed by atoms with Crippen LogP contribution in [0.5, 0.6) is 0 Å². The van der Waals surface area contributed by atoms with E-state index in [4.69, 9.17) is 23.2 Å². The lowest BCUT2D eigenvalue weighted by molar-refractivity contribution is 0.0786. The van der Waals surface area contributed by atoms with Crippen molar-refractivity contribution in [3.05, 3.63) is 50.4 Å². The molecule has 3 nitrogen and oxygen atoms in total. The van der Waals surface area contributed by atoms with Crippen LogP contribution in [0.4, 0.5) is 0 Å². The molecule has 2 aromatic rings. The summed E-state index contributed by atoms with van der Waals surface area (Å²) in [7, 11) is 1.74. The van der Waals surface area contributed by atoms with Gasteiger partial charge in [-0.2, -0.15) is 0 Å². The van der Waals surface area contributed by atoms with Gasteiger partial charge in [-0.05, 0) is 24.3 Å². The molecule has 18 heavy (non-hydrogen) atoms. The summed E-state index contributed by atoms with van der Waals surface area (Å²) in [5.41, 5.74) is 0.528. The number of pyridine rings is 1. The highest BCUT2D eigenvalue weighted by molar-refractivity contribution is 7.16. The summed E-state index contributed by atoms with van der Waals surface area (Å²) < 4.78 is 0.720. The Hall–Kier alpha value is -1.10. The van der Waals surface area contributed by atoms with Crippen LogP contribution in [0.25, 0.3) is 0 Å². The van der Waals surface area contributed by atoms with Gasteiger partial charge in [-0.25, -0.2) is 4.98 Å². The predicted octanol–water partition coefficient (Wildman–Crippen LogP) is 3.72. The molecule has 2 heterocycles. The molecule has 0 bridgehead atoms. The molecule has 0 aromatic carbocycles. The van der Waals surface area contributed by atoms with E-state index in [1.54, 1.807) is 24.1 Å². The fourth-order valence-electron chi connectivity index (χ4n) is 1.50. The largest absolute Gasteiger partial charge is 0.337 e. The molecule has 0 N–H and O–H groups in total. The maximum absolute atomic E-state index is 12.1. The number of amides is 1. The van der Waals surface area contributed by atoms with Crippen molar-refractivity contribution >= 4 is 40.4 Å². The number of aromatic nitrogens is 1. The summed E-state index contributed by atoms with van der Waals surface area (Å²) in [4.78, 5) is 18.6. The van der Waals surface area contributed by atoms with Gasteiger partial charge in [0.1, 0.15) is 5.15 Å². The topological polar surface area (TPSA) is 33.2 Å². The molecule has 0 fully saturated rings. The van der Waals surface area contributed by atoms with Crippen molar-refractivity contribution < 1.29 is 4.79 Å². The molecular formula is C12H10Cl2N2OS. The second-order valence-corrected chi connectivity index (χ2v) is 5.92. The molecule has 0 aliphatic carbocycles. The van der Waals surface area contributed by atoms with Crippen LogP contribution >= 0.6 is 34.5 Å². The molecule has 2 rings (SSSR count). The number of hydrogen-bond acceptors (Lipinski definition) is 3. The van der Waals surface area contributed by atoms with E-state index in [2.05, 4.69) is 4.98 Å². The van der Waals surface area contributed by atoms with Gasteiger partial charge >= 0.3 is 0 Å². The van der Waals surface area contributed by atoms with Crippen molar-refractivity contribution in [2.24, 2.45) is 0 Å². The van der Waals surface area contributed by atoms with Crippen LogP contribution in [0.1, 0.15) is 15.2 Å². The Bertz CT molecular complexity index is 571. The van der Waals surface area contributed by atoms with Crippen LogP contribution < -0.4 is 0 Å². The van der Waals surface area contributed by atoms with Crippen molar-refractivity contribution in [1.29, 1.82) is 0 Å². The van der Waals surface area contributed by atoms with E-state index in [-0.39, 0.29) is 5.91 Å². The number of hydrogen-bond donors (Lipinski definition) is 0. The minimum Gasteiger partial charge on any atom is -0.337 e. The Morgan fingerprint density at radius 2 is 2.17 bits per heavy atom. The third-order valence-electron chi connectivity index (χ3n) is 2.34. The average molecular weight is 301 g/mol. The van der Waals surface area contributed by atoms with Crippen LogP contribution in [-0.2, 0) is 6.54 Å². The molecule has 6 heteroatoms. The summed E-state index contributed by atoms with van der Waals surface area (Å²) in [6.07, 6.45) is 1.52. The second kappa shape index (κ2) is 5.69. The van der Waals surface area contributed by atoms with Crippen molar-refractivity contribution in [3.63, 3.8) is 0 Å². The van der Waals surface area contributed by atoms with E-state index in [1.165, 1.54) is 17.5 Å². The van der Waals surface area contributed by atoms with Gasteiger partial charge in [0.2, 0.25) is 0 Å². The van der Waals surface area contributed by atoms with Gasteiger partial charge in [0.15, 0.2) is 0 Å². The Balaban J connectivity index is 2.09. The number of nitrogens with zero attached hydrogens (tertiary/aromatic N) is 2. The normalized spacial score (nSPS) is 10.4. The second-order valence-electron chi connectivity index (χ2n) is 3.73. The number of thiophene rings is 1. The molecule has 0 saturated heterocycles. The Kier molecular flexibility index (Phi) is 4.22. The first-order chi connectivity index (χ1) is 8.56. The van der Waals surface area contributed by atoms with Crippen LogP contribution in [-0.4, -0.2) is 22.8 Å². The molecular weight excluding hydrogens is 291 g/mol. The Morgan fingerprint density at radius 1 is 1.39 bits per heavy atom. The summed E-state index contributed by atoms with van der Waals surface area (Å²) in [5.74, 6) is -0.0937. The van der Waals surface area contributed by atoms with Crippen molar-refractivity contribution in [2.45, 2.75) is 6.54 Å². The minimum atomic E-state index is -0.0937. The maximum Gasteiger partial charge on any atom is 0.254 e. The van der Waals surface area contributed by atoms with Gasteiger partial charge in [-0.1, -0.05) is 23.2 Å². The average Bonchev–Trinajstić information content (AvgIpc) is 2.73. The van der Waals surface area contributed by atoms with Gasteiger partial charge in [-0.15, -0.1) is 11.3 Å². The standard InChI is InChI=1S/C12H10Cl2N2OS/c1-16(7-9-2-3-11(14)18-9)12(17)8-4-5-15-10(13)6-8/h2-6H,7H2,1H3. The van der Waals surface area contributed by atoms with E-state index in [9.17, 15) is 4.79 Å². The van der Waals surface area contributed by atoms with E-state index >= 15 is 0 Å². The Morgan fingerprint density at radius 3 is 2.78 bits per heavy atom. The lowest BCUT2D eigenvalue weighted by Crippen LogP contribution is -2.25. The smallest absolute Gasteiger partial charge is 0.254 e. The zero-order valence-electron chi connectivity index (χ0n) is 9.56. The molecule has 2 aromatic heterocycles. The molecule has 0 unspecified atom stereocenters. The summed E-state index contributed by atoms with van der Waals surface area (Å²) >= 11 is 13.1. The molecule has 1 amide bonds. The van der Waals surface area contributed by atoms with Gasteiger partial charge in [0, 0.05) is 23.7 Å². The van der Waals surface area contributed by atoms with Gasteiger partial charge in [-0.3, -0.25) is 4.79 Å². The highest BCUT2D eigenvalue weighted by Crippen LogP contribution is 2.22. The molecule has 0 aliphatic rings. The first kappa shape index (κ1) is 13.3. The molecule has 0 saturated carbocycles. The monoisotopic (exact) mass is 300 g/mol. The molecule has 0 atom stereocenters. The fourth-order valence-corrected chi connectivity index (χ4v) is 2.81. The first-order valence-electron chi connectivity index (χ1n) is 5.17. The van der Waals surface area contributed by atoms with Crippen molar-refractivity contribution in [1.82, 2.24) is 9.88 Å². The predicted molar refractivity (Wildman–Crippen MR) is 74.4 cm³/mol. The minimum absolute atomic E-state index is 0.0937. The van der Waals surface area contributed by atoms with E-state index in [1.807, 2.05) is 12.1 Å². The highest BCUT2D eigenvalue weighted by atomic mass is 35.5. The zero-order valence-corrected chi connectivity index (χ0v) is 11.9. The molecule has 94 valence electrons. The number of halogens is 2. The highest BCUT2D eigenvalue weighted by Gasteiger charge is 2.13. The molecule has 0 aliphatic heterocycles. The lowest BCUT2D eigenvalue weighted by atomic mass is 10.2. The van der Waals surface area contributed by atoms with E-state index < -0.39 is 0 Å². The van der Waals surface area contributed by atoms with E-state index in [0.717, 1.165) is 9.21 Å². The fraction of sp³-hybridized carbons (Fsp3) is 0.167. The van der Waals surface area contributed by atoms with Gasteiger partial charge < -0.3 is 4.90 Å². The molecule has 0 radical (unpaired) electrons. The van der Waals surface area contributed by atoms with Crippen LogP contribution in [0, 0.1) is 0 Å². The number of carbonyl (C=O) groups is 1.